The number of rotatable bonds is 3. The zero-order valence-electron chi connectivity index (χ0n) is 18.1. The van der Waals surface area contributed by atoms with Gasteiger partial charge in [-0.15, -0.1) is 0 Å². The van der Waals surface area contributed by atoms with Crippen LogP contribution in [0.3, 0.4) is 0 Å². The molecule has 2 aromatic heterocycles. The van der Waals surface area contributed by atoms with E-state index in [9.17, 15) is 4.79 Å². The average molecular weight is 446 g/mol. The molecular formula is C25H24ClN5O. The Morgan fingerprint density at radius 1 is 0.969 bits per heavy atom. The molecule has 7 heteroatoms. The highest BCUT2D eigenvalue weighted by Gasteiger charge is 2.26. The smallest absolute Gasteiger partial charge is 0.254 e. The Bertz CT molecular complexity index is 1290. The van der Waals surface area contributed by atoms with Gasteiger partial charge in [0.2, 0.25) is 0 Å². The predicted octanol–water partition coefficient (Wildman–Crippen LogP) is 4.56. The lowest BCUT2D eigenvalue weighted by Gasteiger charge is -2.36. The van der Waals surface area contributed by atoms with Crippen molar-refractivity contribution in [3.05, 3.63) is 76.9 Å². The number of hydrogen-bond acceptors (Lipinski definition) is 4. The fraction of sp³-hybridized carbons (Fsp3) is 0.240. The Hall–Kier alpha value is -3.38. The molecule has 0 spiro atoms. The van der Waals surface area contributed by atoms with E-state index in [0.29, 0.717) is 18.7 Å². The summed E-state index contributed by atoms with van der Waals surface area (Å²) in [7, 11) is 1.87. The lowest BCUT2D eigenvalue weighted by Crippen LogP contribution is -2.48. The Morgan fingerprint density at radius 2 is 1.72 bits per heavy atom. The summed E-state index contributed by atoms with van der Waals surface area (Å²) < 4.78 is 1.75. The Labute approximate surface area is 192 Å². The highest BCUT2D eigenvalue weighted by Crippen LogP contribution is 2.28. The van der Waals surface area contributed by atoms with Crippen LogP contribution in [0.5, 0.6) is 0 Å². The number of piperazine rings is 1. The van der Waals surface area contributed by atoms with Crippen LogP contribution in [-0.2, 0) is 7.05 Å². The van der Waals surface area contributed by atoms with E-state index in [2.05, 4.69) is 16.1 Å². The normalized spacial score (nSPS) is 14.2. The molecule has 5 rings (SSSR count). The van der Waals surface area contributed by atoms with Gasteiger partial charge < -0.3 is 9.80 Å². The third-order valence-corrected chi connectivity index (χ3v) is 6.24. The van der Waals surface area contributed by atoms with Crippen molar-refractivity contribution in [2.75, 3.05) is 31.1 Å². The molecule has 162 valence electrons. The molecule has 32 heavy (non-hydrogen) atoms. The number of amides is 1. The molecule has 1 aliphatic rings. The number of hydrogen-bond donors (Lipinski definition) is 0. The molecule has 0 saturated carbocycles. The Morgan fingerprint density at radius 3 is 2.44 bits per heavy atom. The lowest BCUT2D eigenvalue weighted by molar-refractivity contribution is 0.0748. The number of aryl methyl sites for hydroxylation is 2. The standard InChI is InChI=1S/C25H24ClN5O/c1-17-23-21(16-22(18-7-4-3-5-8-18)27-24(23)29(2)28-17)25(32)31-13-11-30(12-14-31)20-10-6-9-19(26)15-20/h3-10,15-16H,11-14H2,1-2H3. The summed E-state index contributed by atoms with van der Waals surface area (Å²) >= 11 is 6.16. The number of benzene rings is 2. The summed E-state index contributed by atoms with van der Waals surface area (Å²) in [6, 6.07) is 19.7. The van der Waals surface area contributed by atoms with E-state index in [1.165, 1.54) is 0 Å². The highest BCUT2D eigenvalue weighted by molar-refractivity contribution is 6.30. The number of pyridine rings is 1. The number of aromatic nitrogens is 3. The van der Waals surface area contributed by atoms with Crippen molar-refractivity contribution in [2.24, 2.45) is 7.05 Å². The molecule has 2 aromatic carbocycles. The van der Waals surface area contributed by atoms with Gasteiger partial charge in [-0.1, -0.05) is 48.0 Å². The number of carbonyl (C=O) groups excluding carboxylic acids is 1. The largest absolute Gasteiger partial charge is 0.368 e. The molecule has 1 amide bonds. The van der Waals surface area contributed by atoms with Crippen molar-refractivity contribution in [1.29, 1.82) is 0 Å². The second-order valence-electron chi connectivity index (χ2n) is 8.09. The molecule has 6 nitrogen and oxygen atoms in total. The van der Waals surface area contributed by atoms with E-state index < -0.39 is 0 Å². The molecule has 1 fully saturated rings. The van der Waals surface area contributed by atoms with E-state index >= 15 is 0 Å². The topological polar surface area (TPSA) is 54.3 Å². The van der Waals surface area contributed by atoms with Crippen molar-refractivity contribution in [2.45, 2.75) is 6.92 Å². The zero-order valence-corrected chi connectivity index (χ0v) is 18.9. The summed E-state index contributed by atoms with van der Waals surface area (Å²) in [6.07, 6.45) is 0. The predicted molar refractivity (Wildman–Crippen MR) is 128 cm³/mol. The van der Waals surface area contributed by atoms with Crippen LogP contribution in [0.4, 0.5) is 5.69 Å². The maximum absolute atomic E-state index is 13.7. The minimum Gasteiger partial charge on any atom is -0.368 e. The van der Waals surface area contributed by atoms with Gasteiger partial charge in [-0.25, -0.2) is 4.98 Å². The summed E-state index contributed by atoms with van der Waals surface area (Å²) in [4.78, 5) is 22.7. The molecule has 1 aliphatic heterocycles. The molecule has 0 unspecified atom stereocenters. The van der Waals surface area contributed by atoms with Crippen LogP contribution in [0.2, 0.25) is 5.02 Å². The quantitative estimate of drug-likeness (QED) is 0.464. The monoisotopic (exact) mass is 445 g/mol. The van der Waals surface area contributed by atoms with Crippen LogP contribution in [0.25, 0.3) is 22.3 Å². The fourth-order valence-electron chi connectivity index (χ4n) is 4.38. The second-order valence-corrected chi connectivity index (χ2v) is 8.52. The Balaban J connectivity index is 1.47. The van der Waals surface area contributed by atoms with Crippen LogP contribution in [-0.4, -0.2) is 51.8 Å². The first-order valence-corrected chi connectivity index (χ1v) is 11.1. The molecule has 1 saturated heterocycles. The fourth-order valence-corrected chi connectivity index (χ4v) is 4.57. The minimum absolute atomic E-state index is 0.0245. The van der Waals surface area contributed by atoms with Gasteiger partial charge in [0.15, 0.2) is 5.65 Å². The van der Waals surface area contributed by atoms with Crippen molar-refractivity contribution in [3.63, 3.8) is 0 Å². The summed E-state index contributed by atoms with van der Waals surface area (Å²) in [5.74, 6) is 0.0245. The van der Waals surface area contributed by atoms with Gasteiger partial charge in [-0.2, -0.15) is 5.10 Å². The van der Waals surface area contributed by atoms with Crippen LogP contribution < -0.4 is 4.90 Å². The maximum atomic E-state index is 13.7. The minimum atomic E-state index is 0.0245. The van der Waals surface area contributed by atoms with Crippen molar-refractivity contribution >= 4 is 34.2 Å². The molecule has 0 aliphatic carbocycles. The SMILES string of the molecule is Cc1nn(C)c2nc(-c3ccccc3)cc(C(=O)N3CCN(c4cccc(Cl)c4)CC3)c12. The molecule has 0 atom stereocenters. The van der Waals surface area contributed by atoms with E-state index in [4.69, 9.17) is 16.6 Å². The first kappa shape index (κ1) is 20.5. The highest BCUT2D eigenvalue weighted by atomic mass is 35.5. The van der Waals surface area contributed by atoms with Crippen LogP contribution in [0.15, 0.2) is 60.7 Å². The first-order valence-electron chi connectivity index (χ1n) is 10.7. The summed E-state index contributed by atoms with van der Waals surface area (Å²) in [5.41, 5.74) is 5.05. The third kappa shape index (κ3) is 3.71. The third-order valence-electron chi connectivity index (χ3n) is 6.01. The molecule has 4 aromatic rings. The van der Waals surface area contributed by atoms with E-state index in [-0.39, 0.29) is 5.91 Å². The van der Waals surface area contributed by atoms with Crippen LogP contribution in [0.1, 0.15) is 16.1 Å². The second kappa shape index (κ2) is 8.28. The average Bonchev–Trinajstić information content (AvgIpc) is 3.12. The van der Waals surface area contributed by atoms with E-state index in [1.54, 1.807) is 4.68 Å². The maximum Gasteiger partial charge on any atom is 0.254 e. The number of halogens is 1. The van der Waals surface area contributed by atoms with Gasteiger partial charge >= 0.3 is 0 Å². The molecule has 0 bridgehead atoms. The number of fused-ring (bicyclic) bond motifs is 1. The molecular weight excluding hydrogens is 422 g/mol. The van der Waals surface area contributed by atoms with Crippen molar-refractivity contribution in [3.8, 4) is 11.3 Å². The van der Waals surface area contributed by atoms with E-state index in [1.807, 2.05) is 73.5 Å². The van der Waals surface area contributed by atoms with E-state index in [0.717, 1.165) is 51.8 Å². The number of anilines is 1. The zero-order chi connectivity index (χ0) is 22.2. The van der Waals surface area contributed by atoms with Gasteiger partial charge in [-0.3, -0.25) is 9.48 Å². The molecule has 0 radical (unpaired) electrons. The number of carbonyl (C=O) groups is 1. The summed E-state index contributed by atoms with van der Waals surface area (Å²) in [5, 5.41) is 6.09. The van der Waals surface area contributed by atoms with Gasteiger partial charge in [0.25, 0.3) is 5.91 Å². The van der Waals surface area contributed by atoms with Crippen molar-refractivity contribution < 1.29 is 4.79 Å². The van der Waals surface area contributed by atoms with Crippen molar-refractivity contribution in [1.82, 2.24) is 19.7 Å². The lowest BCUT2D eigenvalue weighted by atomic mass is 10.0. The van der Waals surface area contributed by atoms with Crippen LogP contribution in [0, 0.1) is 6.92 Å². The van der Waals surface area contributed by atoms with Gasteiger partial charge in [-0.05, 0) is 31.2 Å². The number of nitrogens with zero attached hydrogens (tertiary/aromatic N) is 5. The summed E-state index contributed by atoms with van der Waals surface area (Å²) in [6.45, 7) is 4.75. The van der Waals surface area contributed by atoms with Crippen LogP contribution >= 0.6 is 11.6 Å². The molecule has 3 heterocycles. The first-order chi connectivity index (χ1) is 15.5. The van der Waals surface area contributed by atoms with Gasteiger partial charge in [0, 0.05) is 49.5 Å². The molecule has 0 N–H and O–H groups in total. The van der Waals surface area contributed by atoms with Gasteiger partial charge in [0.05, 0.1) is 22.3 Å². The van der Waals surface area contributed by atoms with Gasteiger partial charge in [0.1, 0.15) is 0 Å². The Kier molecular flexibility index (Phi) is 5.31.